The van der Waals surface area contributed by atoms with Gasteiger partial charge < -0.3 is 10.2 Å². The van der Waals surface area contributed by atoms with E-state index in [0.29, 0.717) is 12.2 Å². The molecule has 0 aromatic carbocycles. The van der Waals surface area contributed by atoms with Crippen LogP contribution in [0.5, 0.6) is 0 Å². The Balaban J connectivity index is 2.54. The topological polar surface area (TPSA) is 32.3 Å². The largest absolute Gasteiger partial charge is 0.309 e. The van der Waals surface area contributed by atoms with Gasteiger partial charge in [0.25, 0.3) is 0 Å². The van der Waals surface area contributed by atoms with Crippen molar-refractivity contribution in [3.8, 4) is 0 Å². The fourth-order valence-corrected chi connectivity index (χ4v) is 1.75. The van der Waals surface area contributed by atoms with E-state index in [9.17, 15) is 4.79 Å². The molecular formula is C10H18N2O. The maximum absolute atomic E-state index is 11.4. The highest BCUT2D eigenvalue weighted by Gasteiger charge is 2.29. The Kier molecular flexibility index (Phi) is 3.63. The first-order valence-electron chi connectivity index (χ1n) is 4.68. The van der Waals surface area contributed by atoms with Crippen LogP contribution in [0.4, 0.5) is 0 Å². The molecule has 1 N–H and O–H groups in total. The second kappa shape index (κ2) is 4.53. The molecule has 1 aliphatic rings. The highest BCUT2D eigenvalue weighted by molar-refractivity contribution is 5.86. The second-order valence-corrected chi connectivity index (χ2v) is 3.81. The summed E-state index contributed by atoms with van der Waals surface area (Å²) in [6, 6.07) is -0.0000926. The molecule has 1 fully saturated rings. The SMILES string of the molecule is C=CC(CN(C)C)C1NCCC1=O. The number of rotatable bonds is 4. The Morgan fingerprint density at radius 2 is 2.46 bits per heavy atom. The first-order chi connectivity index (χ1) is 6.15. The van der Waals surface area contributed by atoms with Crippen molar-refractivity contribution in [1.29, 1.82) is 0 Å². The normalized spacial score (nSPS) is 25.2. The van der Waals surface area contributed by atoms with Gasteiger partial charge in [-0.3, -0.25) is 4.79 Å². The molecule has 13 heavy (non-hydrogen) atoms. The van der Waals surface area contributed by atoms with Gasteiger partial charge in [0.05, 0.1) is 6.04 Å². The van der Waals surface area contributed by atoms with Gasteiger partial charge in [0.15, 0.2) is 5.78 Å². The van der Waals surface area contributed by atoms with Crippen molar-refractivity contribution in [3.05, 3.63) is 12.7 Å². The van der Waals surface area contributed by atoms with E-state index >= 15 is 0 Å². The fraction of sp³-hybridized carbons (Fsp3) is 0.700. The average Bonchev–Trinajstić information content (AvgIpc) is 2.47. The molecule has 1 rings (SSSR count). The zero-order valence-corrected chi connectivity index (χ0v) is 8.42. The van der Waals surface area contributed by atoms with Crippen molar-refractivity contribution in [2.24, 2.45) is 5.92 Å². The summed E-state index contributed by atoms with van der Waals surface area (Å²) >= 11 is 0. The molecule has 0 radical (unpaired) electrons. The van der Waals surface area contributed by atoms with Crippen LogP contribution in [0.3, 0.4) is 0 Å². The molecule has 0 aromatic rings. The van der Waals surface area contributed by atoms with Crippen LogP contribution in [0.15, 0.2) is 12.7 Å². The summed E-state index contributed by atoms with van der Waals surface area (Å²) in [5.74, 6) is 0.566. The molecule has 1 saturated heterocycles. The van der Waals surface area contributed by atoms with E-state index < -0.39 is 0 Å². The molecule has 1 aliphatic heterocycles. The van der Waals surface area contributed by atoms with Gasteiger partial charge >= 0.3 is 0 Å². The number of carbonyl (C=O) groups excluding carboxylic acids is 1. The van der Waals surface area contributed by atoms with Crippen molar-refractivity contribution in [2.75, 3.05) is 27.2 Å². The maximum Gasteiger partial charge on any atom is 0.151 e. The molecule has 0 aliphatic carbocycles. The first kappa shape index (κ1) is 10.4. The van der Waals surface area contributed by atoms with Gasteiger partial charge in [0.2, 0.25) is 0 Å². The molecule has 2 unspecified atom stereocenters. The van der Waals surface area contributed by atoms with E-state index in [1.807, 2.05) is 20.2 Å². The number of hydrogen-bond acceptors (Lipinski definition) is 3. The molecule has 0 aromatic heterocycles. The molecule has 1 heterocycles. The Bertz CT molecular complexity index is 201. The van der Waals surface area contributed by atoms with Gasteiger partial charge in [0, 0.05) is 25.4 Å². The lowest BCUT2D eigenvalue weighted by Crippen LogP contribution is -2.39. The van der Waals surface area contributed by atoms with Crippen LogP contribution < -0.4 is 5.32 Å². The summed E-state index contributed by atoms with van der Waals surface area (Å²) in [4.78, 5) is 13.5. The van der Waals surface area contributed by atoms with Gasteiger partial charge in [-0.05, 0) is 14.1 Å². The number of nitrogens with zero attached hydrogens (tertiary/aromatic N) is 1. The number of nitrogens with one attached hydrogen (secondary N) is 1. The Morgan fingerprint density at radius 1 is 1.77 bits per heavy atom. The quantitative estimate of drug-likeness (QED) is 0.634. The summed E-state index contributed by atoms with van der Waals surface area (Å²) < 4.78 is 0. The molecule has 0 spiro atoms. The zero-order valence-electron chi connectivity index (χ0n) is 8.42. The van der Waals surface area contributed by atoms with Crippen LogP contribution in [-0.4, -0.2) is 43.9 Å². The van der Waals surface area contributed by atoms with E-state index in [1.165, 1.54) is 0 Å². The minimum Gasteiger partial charge on any atom is -0.309 e. The average molecular weight is 182 g/mol. The summed E-state index contributed by atoms with van der Waals surface area (Å²) in [6.07, 6.45) is 2.54. The molecule has 3 nitrogen and oxygen atoms in total. The smallest absolute Gasteiger partial charge is 0.151 e. The van der Waals surface area contributed by atoms with Crippen molar-refractivity contribution < 1.29 is 4.79 Å². The molecule has 74 valence electrons. The van der Waals surface area contributed by atoms with E-state index in [4.69, 9.17) is 0 Å². The zero-order chi connectivity index (χ0) is 9.84. The first-order valence-corrected chi connectivity index (χ1v) is 4.68. The van der Waals surface area contributed by atoms with Gasteiger partial charge in [0.1, 0.15) is 0 Å². The number of Topliss-reactive ketones (excluding diaryl/α,β-unsaturated/α-hetero) is 1. The van der Waals surface area contributed by atoms with Crippen LogP contribution in [-0.2, 0) is 4.79 Å². The lowest BCUT2D eigenvalue weighted by Gasteiger charge is -2.22. The molecule has 3 heteroatoms. The summed E-state index contributed by atoms with van der Waals surface area (Å²) in [5, 5.41) is 3.22. The third-order valence-electron chi connectivity index (χ3n) is 2.39. The van der Waals surface area contributed by atoms with Gasteiger partial charge in [-0.25, -0.2) is 0 Å². The van der Waals surface area contributed by atoms with E-state index in [2.05, 4.69) is 16.8 Å². The molecular weight excluding hydrogens is 164 g/mol. The Labute approximate surface area is 79.8 Å². The third kappa shape index (κ3) is 2.64. The Hall–Kier alpha value is -0.670. The second-order valence-electron chi connectivity index (χ2n) is 3.81. The highest BCUT2D eigenvalue weighted by atomic mass is 16.1. The lowest BCUT2D eigenvalue weighted by molar-refractivity contribution is -0.119. The molecule has 0 amide bonds. The van der Waals surface area contributed by atoms with Crippen LogP contribution in [0.1, 0.15) is 6.42 Å². The van der Waals surface area contributed by atoms with E-state index in [0.717, 1.165) is 13.1 Å². The predicted molar refractivity (Wildman–Crippen MR) is 53.7 cm³/mol. The van der Waals surface area contributed by atoms with Crippen molar-refractivity contribution in [2.45, 2.75) is 12.5 Å². The van der Waals surface area contributed by atoms with E-state index in [1.54, 1.807) is 0 Å². The number of ketones is 1. The van der Waals surface area contributed by atoms with E-state index in [-0.39, 0.29) is 12.0 Å². The summed E-state index contributed by atoms with van der Waals surface area (Å²) in [6.45, 7) is 5.48. The minimum absolute atomic E-state index is 0.0000926. The molecule has 0 saturated carbocycles. The monoisotopic (exact) mass is 182 g/mol. The summed E-state index contributed by atoms with van der Waals surface area (Å²) in [5.41, 5.74) is 0. The maximum atomic E-state index is 11.4. The van der Waals surface area contributed by atoms with Crippen molar-refractivity contribution >= 4 is 5.78 Å². The number of hydrogen-bond donors (Lipinski definition) is 1. The van der Waals surface area contributed by atoms with Crippen LogP contribution in [0.2, 0.25) is 0 Å². The lowest BCUT2D eigenvalue weighted by atomic mass is 9.97. The number of carbonyl (C=O) groups is 1. The van der Waals surface area contributed by atoms with Crippen LogP contribution >= 0.6 is 0 Å². The third-order valence-corrected chi connectivity index (χ3v) is 2.39. The van der Waals surface area contributed by atoms with Crippen LogP contribution in [0.25, 0.3) is 0 Å². The standard InChI is InChI=1S/C10H18N2O/c1-4-8(7-12(2)3)10-9(13)5-6-11-10/h4,8,10-11H,1,5-7H2,2-3H3. The fourth-order valence-electron chi connectivity index (χ4n) is 1.75. The minimum atomic E-state index is -0.0000926. The predicted octanol–water partition coefficient (Wildman–Crippen LogP) is 0.281. The van der Waals surface area contributed by atoms with Crippen molar-refractivity contribution in [3.63, 3.8) is 0 Å². The summed E-state index contributed by atoms with van der Waals surface area (Å²) in [7, 11) is 4.02. The molecule has 2 atom stereocenters. The molecule has 0 bridgehead atoms. The Morgan fingerprint density at radius 3 is 2.85 bits per heavy atom. The van der Waals surface area contributed by atoms with Gasteiger partial charge in [-0.2, -0.15) is 0 Å². The van der Waals surface area contributed by atoms with Crippen LogP contribution in [0, 0.1) is 5.92 Å². The highest BCUT2D eigenvalue weighted by Crippen LogP contribution is 2.13. The van der Waals surface area contributed by atoms with Crippen molar-refractivity contribution in [1.82, 2.24) is 10.2 Å². The van der Waals surface area contributed by atoms with Gasteiger partial charge in [-0.15, -0.1) is 6.58 Å². The van der Waals surface area contributed by atoms with Gasteiger partial charge in [-0.1, -0.05) is 6.08 Å².